The molecule has 0 atom stereocenters. The lowest BCUT2D eigenvalue weighted by molar-refractivity contribution is 0.303. The topological polar surface area (TPSA) is 22.1 Å². The van der Waals surface area contributed by atoms with Gasteiger partial charge in [-0.05, 0) is 24.1 Å². The van der Waals surface area contributed by atoms with Crippen molar-refractivity contribution < 1.29 is 4.74 Å². The molecule has 0 radical (unpaired) electrons. The van der Waals surface area contributed by atoms with Gasteiger partial charge in [-0.15, -0.1) is 0 Å². The zero-order valence-electron chi connectivity index (χ0n) is 13.1. The van der Waals surface area contributed by atoms with Crippen LogP contribution in [-0.2, 0) is 6.61 Å². The van der Waals surface area contributed by atoms with Gasteiger partial charge in [0.25, 0.3) is 0 Å². The van der Waals surface area contributed by atoms with Crippen LogP contribution in [0.5, 0.6) is 5.75 Å². The first-order valence-corrected chi connectivity index (χ1v) is 7.68. The fraction of sp³-hybridized carbons (Fsp3) is 0.0952. The van der Waals surface area contributed by atoms with Crippen LogP contribution in [0.15, 0.2) is 72.9 Å². The third-order valence-electron chi connectivity index (χ3n) is 3.56. The molecule has 23 heavy (non-hydrogen) atoms. The Balaban J connectivity index is 1.72. The van der Waals surface area contributed by atoms with E-state index in [-0.39, 0.29) is 0 Å². The Labute approximate surface area is 137 Å². The van der Waals surface area contributed by atoms with Gasteiger partial charge in [0, 0.05) is 17.8 Å². The molecule has 0 fully saturated rings. The zero-order valence-corrected chi connectivity index (χ0v) is 13.1. The summed E-state index contributed by atoms with van der Waals surface area (Å²) in [5.41, 5.74) is 4.24. The Bertz CT molecular complexity index is 779. The van der Waals surface area contributed by atoms with Crippen LogP contribution in [0.25, 0.3) is 12.2 Å². The Morgan fingerprint density at radius 1 is 0.913 bits per heavy atom. The maximum absolute atomic E-state index is 5.94. The Morgan fingerprint density at radius 3 is 2.35 bits per heavy atom. The fourth-order valence-corrected chi connectivity index (χ4v) is 2.25. The number of nitrogens with zero attached hydrogens (tertiary/aromatic N) is 1. The first-order chi connectivity index (χ1) is 11.3. The number of aromatic nitrogens is 1. The lowest BCUT2D eigenvalue weighted by Gasteiger charge is -2.09. The molecule has 2 heteroatoms. The van der Waals surface area contributed by atoms with Gasteiger partial charge in [0.15, 0.2) is 0 Å². The van der Waals surface area contributed by atoms with E-state index in [2.05, 4.69) is 35.3 Å². The Kier molecular flexibility index (Phi) is 4.85. The SMILES string of the molecule is Cc1cnc(C=Cc2ccccc2)cc1OCc1ccccc1. The van der Waals surface area contributed by atoms with Crippen LogP contribution in [0, 0.1) is 6.92 Å². The molecule has 0 aliphatic heterocycles. The predicted molar refractivity (Wildman–Crippen MR) is 95.1 cm³/mol. The molecule has 3 rings (SSSR count). The van der Waals surface area contributed by atoms with Gasteiger partial charge in [-0.25, -0.2) is 0 Å². The van der Waals surface area contributed by atoms with Crippen LogP contribution in [0.3, 0.4) is 0 Å². The van der Waals surface area contributed by atoms with Crippen LogP contribution in [-0.4, -0.2) is 4.98 Å². The van der Waals surface area contributed by atoms with Gasteiger partial charge in [0.2, 0.25) is 0 Å². The molecular weight excluding hydrogens is 282 g/mol. The van der Waals surface area contributed by atoms with E-state index in [0.717, 1.165) is 28.1 Å². The van der Waals surface area contributed by atoms with Crippen molar-refractivity contribution in [2.75, 3.05) is 0 Å². The van der Waals surface area contributed by atoms with E-state index in [4.69, 9.17) is 4.74 Å². The van der Waals surface area contributed by atoms with Gasteiger partial charge >= 0.3 is 0 Å². The zero-order chi connectivity index (χ0) is 15.9. The van der Waals surface area contributed by atoms with Crippen molar-refractivity contribution in [2.24, 2.45) is 0 Å². The van der Waals surface area contributed by atoms with Crippen molar-refractivity contribution >= 4 is 12.2 Å². The highest BCUT2D eigenvalue weighted by Gasteiger charge is 2.02. The van der Waals surface area contributed by atoms with Crippen molar-refractivity contribution in [3.05, 3.63) is 95.3 Å². The quantitative estimate of drug-likeness (QED) is 0.651. The van der Waals surface area contributed by atoms with Gasteiger partial charge in [0.05, 0.1) is 5.69 Å². The van der Waals surface area contributed by atoms with Crippen molar-refractivity contribution in [3.8, 4) is 5.75 Å². The molecule has 1 aromatic heterocycles. The van der Waals surface area contributed by atoms with E-state index >= 15 is 0 Å². The van der Waals surface area contributed by atoms with Crippen LogP contribution < -0.4 is 4.74 Å². The molecule has 0 amide bonds. The van der Waals surface area contributed by atoms with Gasteiger partial charge in [-0.3, -0.25) is 4.98 Å². The summed E-state index contributed by atoms with van der Waals surface area (Å²) in [6, 6.07) is 22.3. The molecule has 1 heterocycles. The maximum atomic E-state index is 5.94. The summed E-state index contributed by atoms with van der Waals surface area (Å²) in [6.45, 7) is 2.57. The van der Waals surface area contributed by atoms with Gasteiger partial charge in [-0.2, -0.15) is 0 Å². The van der Waals surface area contributed by atoms with Crippen molar-refractivity contribution in [1.29, 1.82) is 0 Å². The van der Waals surface area contributed by atoms with Crippen LogP contribution in [0.2, 0.25) is 0 Å². The van der Waals surface area contributed by atoms with E-state index in [1.165, 1.54) is 0 Å². The van der Waals surface area contributed by atoms with E-state index in [9.17, 15) is 0 Å². The number of pyridine rings is 1. The Morgan fingerprint density at radius 2 is 1.61 bits per heavy atom. The van der Waals surface area contributed by atoms with Gasteiger partial charge in [0.1, 0.15) is 12.4 Å². The van der Waals surface area contributed by atoms with E-state index in [1.807, 2.05) is 61.7 Å². The van der Waals surface area contributed by atoms with E-state index in [0.29, 0.717) is 6.61 Å². The van der Waals surface area contributed by atoms with Gasteiger partial charge in [-0.1, -0.05) is 66.7 Å². The molecule has 0 unspecified atom stereocenters. The number of ether oxygens (including phenoxy) is 1. The molecule has 3 aromatic rings. The second-order valence-electron chi connectivity index (χ2n) is 5.39. The average molecular weight is 301 g/mol. The fourth-order valence-electron chi connectivity index (χ4n) is 2.25. The summed E-state index contributed by atoms with van der Waals surface area (Å²) in [4.78, 5) is 4.44. The lowest BCUT2D eigenvalue weighted by Crippen LogP contribution is -1.98. The maximum Gasteiger partial charge on any atom is 0.126 e. The predicted octanol–water partition coefficient (Wildman–Crippen LogP) is 5.14. The number of rotatable bonds is 5. The largest absolute Gasteiger partial charge is 0.488 e. The molecule has 0 N–H and O–H groups in total. The minimum atomic E-state index is 0.563. The van der Waals surface area contributed by atoms with Crippen LogP contribution in [0.1, 0.15) is 22.4 Å². The average Bonchev–Trinajstić information content (AvgIpc) is 2.62. The van der Waals surface area contributed by atoms with Crippen molar-refractivity contribution in [2.45, 2.75) is 13.5 Å². The van der Waals surface area contributed by atoms with E-state index < -0.39 is 0 Å². The smallest absolute Gasteiger partial charge is 0.126 e. The van der Waals surface area contributed by atoms with Crippen molar-refractivity contribution in [1.82, 2.24) is 4.98 Å². The summed E-state index contributed by atoms with van der Waals surface area (Å²) in [7, 11) is 0. The molecule has 0 aliphatic rings. The minimum absolute atomic E-state index is 0.563. The first-order valence-electron chi connectivity index (χ1n) is 7.68. The normalized spacial score (nSPS) is 10.8. The summed E-state index contributed by atoms with van der Waals surface area (Å²) in [5.74, 6) is 0.872. The number of hydrogen-bond acceptors (Lipinski definition) is 2. The van der Waals surface area contributed by atoms with Crippen molar-refractivity contribution in [3.63, 3.8) is 0 Å². The summed E-state index contributed by atoms with van der Waals surface area (Å²) in [5, 5.41) is 0. The third kappa shape index (κ3) is 4.30. The summed E-state index contributed by atoms with van der Waals surface area (Å²) < 4.78 is 5.94. The summed E-state index contributed by atoms with van der Waals surface area (Å²) in [6.07, 6.45) is 5.91. The lowest BCUT2D eigenvalue weighted by atomic mass is 10.2. The molecule has 0 aliphatic carbocycles. The molecule has 2 nitrogen and oxygen atoms in total. The summed E-state index contributed by atoms with van der Waals surface area (Å²) >= 11 is 0. The third-order valence-corrected chi connectivity index (χ3v) is 3.56. The number of aryl methyl sites for hydroxylation is 1. The van der Waals surface area contributed by atoms with E-state index in [1.54, 1.807) is 0 Å². The monoisotopic (exact) mass is 301 g/mol. The number of benzene rings is 2. The molecule has 114 valence electrons. The second-order valence-corrected chi connectivity index (χ2v) is 5.39. The minimum Gasteiger partial charge on any atom is -0.488 e. The molecule has 0 bridgehead atoms. The highest BCUT2D eigenvalue weighted by Crippen LogP contribution is 2.20. The molecule has 2 aromatic carbocycles. The van der Waals surface area contributed by atoms with Crippen LogP contribution in [0.4, 0.5) is 0 Å². The standard InChI is InChI=1S/C21H19NO/c1-17-15-22-20(13-12-18-8-4-2-5-9-18)14-21(17)23-16-19-10-6-3-7-11-19/h2-15H,16H2,1H3. The molecule has 0 spiro atoms. The highest BCUT2D eigenvalue weighted by atomic mass is 16.5. The number of hydrogen-bond donors (Lipinski definition) is 0. The molecular formula is C21H19NO. The molecule has 0 saturated heterocycles. The molecule has 0 saturated carbocycles. The first kappa shape index (κ1) is 15.0. The second kappa shape index (κ2) is 7.41. The van der Waals surface area contributed by atoms with Crippen LogP contribution >= 0.6 is 0 Å². The Hall–Kier alpha value is -2.87. The van der Waals surface area contributed by atoms with Gasteiger partial charge < -0.3 is 4.74 Å². The highest BCUT2D eigenvalue weighted by molar-refractivity contribution is 5.68.